The predicted octanol–water partition coefficient (Wildman–Crippen LogP) is 3.65. The molecular weight excluding hydrogens is 403 g/mol. The van der Waals surface area contributed by atoms with Gasteiger partial charge >= 0.3 is 0 Å². The van der Waals surface area contributed by atoms with E-state index in [9.17, 15) is 4.79 Å². The van der Waals surface area contributed by atoms with Gasteiger partial charge in [0.05, 0.1) is 18.1 Å². The van der Waals surface area contributed by atoms with Gasteiger partial charge in [-0.1, -0.05) is 0 Å². The lowest BCUT2D eigenvalue weighted by Gasteiger charge is -2.45. The summed E-state index contributed by atoms with van der Waals surface area (Å²) < 4.78 is 0.351. The van der Waals surface area contributed by atoms with E-state index in [0.29, 0.717) is 15.1 Å². The Hall–Kier alpha value is -0.920. The first kappa shape index (κ1) is 16.9. The van der Waals surface area contributed by atoms with Crippen LogP contribution in [0.3, 0.4) is 0 Å². The van der Waals surface area contributed by atoms with Gasteiger partial charge in [-0.2, -0.15) is 0 Å². The maximum atomic E-state index is 11.5. The van der Waals surface area contributed by atoms with Gasteiger partial charge in [0.15, 0.2) is 3.79 Å². The van der Waals surface area contributed by atoms with Crippen LogP contribution in [-0.2, 0) is 4.79 Å². The molecule has 1 aliphatic heterocycles. The molecule has 0 aromatic carbocycles. The van der Waals surface area contributed by atoms with E-state index in [1.54, 1.807) is 0 Å². The van der Waals surface area contributed by atoms with Crippen LogP contribution in [-0.4, -0.2) is 33.4 Å². The third-order valence-corrected chi connectivity index (χ3v) is 6.37. The van der Waals surface area contributed by atoms with E-state index in [0.717, 1.165) is 44.1 Å². The zero-order chi connectivity index (χ0) is 16.3. The van der Waals surface area contributed by atoms with Crippen molar-refractivity contribution in [2.75, 3.05) is 29.9 Å². The van der Waals surface area contributed by atoms with E-state index in [1.165, 1.54) is 25.7 Å². The highest BCUT2D eigenvalue weighted by atomic mass is 127. The standard InChI is InChI=1S/C17H25IN4O/c1-2-19-14-11-20-16(21-12-14)22-9-7-17(8-10-22)5-3-13(4-6-17)15(18)23/h11-13,19H,2-10H2,1H3. The van der Waals surface area contributed by atoms with Gasteiger partial charge in [0.1, 0.15) is 0 Å². The van der Waals surface area contributed by atoms with Crippen LogP contribution in [0.4, 0.5) is 11.6 Å². The number of hydrogen-bond donors (Lipinski definition) is 1. The lowest BCUT2D eigenvalue weighted by molar-refractivity contribution is -0.114. The number of rotatable bonds is 4. The number of nitrogens with one attached hydrogen (secondary N) is 1. The lowest BCUT2D eigenvalue weighted by Crippen LogP contribution is -2.43. The van der Waals surface area contributed by atoms with Gasteiger partial charge in [0.2, 0.25) is 5.95 Å². The summed E-state index contributed by atoms with van der Waals surface area (Å²) >= 11 is 1.97. The first-order chi connectivity index (χ1) is 11.1. The highest BCUT2D eigenvalue weighted by molar-refractivity contribution is 14.1. The van der Waals surface area contributed by atoms with Gasteiger partial charge in [0, 0.05) is 25.6 Å². The summed E-state index contributed by atoms with van der Waals surface area (Å²) in [7, 11) is 0. The fraction of sp³-hybridized carbons (Fsp3) is 0.706. The maximum absolute atomic E-state index is 11.5. The molecule has 1 aromatic rings. The lowest BCUT2D eigenvalue weighted by atomic mass is 9.66. The van der Waals surface area contributed by atoms with Crippen LogP contribution in [0.25, 0.3) is 0 Å². The topological polar surface area (TPSA) is 58.1 Å². The summed E-state index contributed by atoms with van der Waals surface area (Å²) in [6.45, 7) is 5.01. The Balaban J connectivity index is 1.55. The van der Waals surface area contributed by atoms with E-state index in [-0.39, 0.29) is 0 Å². The minimum atomic E-state index is 0.307. The van der Waals surface area contributed by atoms with Crippen LogP contribution >= 0.6 is 22.6 Å². The summed E-state index contributed by atoms with van der Waals surface area (Å²) in [5, 5.41) is 3.23. The molecule has 2 fully saturated rings. The second kappa shape index (κ2) is 7.32. The minimum Gasteiger partial charge on any atom is -0.383 e. The normalized spacial score (nSPS) is 21.4. The Labute approximate surface area is 151 Å². The van der Waals surface area contributed by atoms with Crippen LogP contribution in [0.15, 0.2) is 12.4 Å². The van der Waals surface area contributed by atoms with Crippen molar-refractivity contribution in [1.82, 2.24) is 9.97 Å². The third kappa shape index (κ3) is 3.95. The fourth-order valence-electron chi connectivity index (χ4n) is 3.92. The average molecular weight is 428 g/mol. The molecule has 1 aliphatic carbocycles. The Kier molecular flexibility index (Phi) is 5.38. The largest absolute Gasteiger partial charge is 0.383 e. The van der Waals surface area contributed by atoms with Crippen molar-refractivity contribution in [3.63, 3.8) is 0 Å². The molecule has 0 amide bonds. The average Bonchev–Trinajstić information content (AvgIpc) is 2.57. The van der Waals surface area contributed by atoms with Crippen LogP contribution in [0.1, 0.15) is 45.4 Å². The molecule has 6 heteroatoms. The smallest absolute Gasteiger partial charge is 0.225 e. The fourth-order valence-corrected chi connectivity index (χ4v) is 4.54. The molecule has 0 atom stereocenters. The van der Waals surface area contributed by atoms with Crippen molar-refractivity contribution < 1.29 is 4.79 Å². The number of hydrogen-bond acceptors (Lipinski definition) is 5. The van der Waals surface area contributed by atoms with Gasteiger partial charge in [-0.05, 0) is 73.5 Å². The molecule has 1 N–H and O–H groups in total. The van der Waals surface area contributed by atoms with Gasteiger partial charge in [0.25, 0.3) is 0 Å². The molecule has 1 spiro atoms. The molecule has 126 valence electrons. The number of carbonyl (C=O) groups is 1. The summed E-state index contributed by atoms with van der Waals surface area (Å²) in [6, 6.07) is 0. The number of piperidine rings is 1. The van der Waals surface area contributed by atoms with E-state index < -0.39 is 0 Å². The molecule has 0 unspecified atom stereocenters. The van der Waals surface area contributed by atoms with E-state index in [1.807, 2.05) is 35.0 Å². The van der Waals surface area contributed by atoms with Crippen LogP contribution in [0.5, 0.6) is 0 Å². The molecule has 1 saturated heterocycles. The SMILES string of the molecule is CCNc1cnc(N2CCC3(CCC(C(=O)I)CC3)CC2)nc1. The van der Waals surface area contributed by atoms with E-state index >= 15 is 0 Å². The molecule has 0 bridgehead atoms. The summed E-state index contributed by atoms with van der Waals surface area (Å²) in [4.78, 5) is 22.8. The quantitative estimate of drug-likeness (QED) is 0.586. The van der Waals surface area contributed by atoms with Crippen molar-refractivity contribution in [3.8, 4) is 0 Å². The monoisotopic (exact) mass is 428 g/mol. The highest BCUT2D eigenvalue weighted by Gasteiger charge is 2.39. The Morgan fingerprint density at radius 2 is 1.87 bits per heavy atom. The molecular formula is C17H25IN4O. The zero-order valence-corrected chi connectivity index (χ0v) is 15.9. The number of anilines is 2. The third-order valence-electron chi connectivity index (χ3n) is 5.49. The number of aromatic nitrogens is 2. The van der Waals surface area contributed by atoms with Gasteiger partial charge in [-0.25, -0.2) is 9.97 Å². The van der Waals surface area contributed by atoms with Crippen molar-refractivity contribution in [3.05, 3.63) is 12.4 Å². The van der Waals surface area contributed by atoms with Gasteiger partial charge < -0.3 is 10.2 Å². The molecule has 2 aliphatic rings. The maximum Gasteiger partial charge on any atom is 0.225 e. The van der Waals surface area contributed by atoms with Crippen LogP contribution in [0.2, 0.25) is 0 Å². The Morgan fingerprint density at radius 3 is 2.39 bits per heavy atom. The molecule has 1 saturated carbocycles. The van der Waals surface area contributed by atoms with Crippen LogP contribution < -0.4 is 10.2 Å². The highest BCUT2D eigenvalue weighted by Crippen LogP contribution is 2.47. The molecule has 2 heterocycles. The van der Waals surface area contributed by atoms with Crippen molar-refractivity contribution >= 4 is 38.0 Å². The van der Waals surface area contributed by atoms with Crippen molar-refractivity contribution in [2.24, 2.45) is 11.3 Å². The van der Waals surface area contributed by atoms with E-state index in [2.05, 4.69) is 27.1 Å². The Bertz CT molecular complexity index is 530. The molecule has 3 rings (SSSR count). The van der Waals surface area contributed by atoms with Crippen molar-refractivity contribution in [2.45, 2.75) is 45.4 Å². The van der Waals surface area contributed by atoms with Gasteiger partial charge in [-0.15, -0.1) is 0 Å². The number of nitrogens with zero attached hydrogens (tertiary/aromatic N) is 3. The second-order valence-electron chi connectivity index (χ2n) is 6.87. The van der Waals surface area contributed by atoms with Gasteiger partial charge in [-0.3, -0.25) is 4.79 Å². The minimum absolute atomic E-state index is 0.307. The first-order valence-electron chi connectivity index (χ1n) is 8.62. The van der Waals surface area contributed by atoms with Crippen molar-refractivity contribution in [1.29, 1.82) is 0 Å². The summed E-state index contributed by atoms with van der Waals surface area (Å²) in [6.07, 6.45) is 10.7. The second-order valence-corrected chi connectivity index (χ2v) is 7.93. The Morgan fingerprint density at radius 1 is 1.26 bits per heavy atom. The molecule has 5 nitrogen and oxygen atoms in total. The zero-order valence-electron chi connectivity index (χ0n) is 13.7. The molecule has 1 aromatic heterocycles. The predicted molar refractivity (Wildman–Crippen MR) is 101 cm³/mol. The van der Waals surface area contributed by atoms with Crippen LogP contribution in [0, 0.1) is 11.3 Å². The number of halogens is 1. The summed E-state index contributed by atoms with van der Waals surface area (Å²) in [5.74, 6) is 1.15. The summed E-state index contributed by atoms with van der Waals surface area (Å²) in [5.41, 5.74) is 1.44. The first-order valence-corrected chi connectivity index (χ1v) is 9.70. The van der Waals surface area contributed by atoms with E-state index in [4.69, 9.17) is 0 Å². The number of carbonyl (C=O) groups excluding carboxylic acids is 1. The molecule has 0 radical (unpaired) electrons. The molecule has 23 heavy (non-hydrogen) atoms.